The van der Waals surface area contributed by atoms with Gasteiger partial charge in [-0.1, -0.05) is 19.1 Å². The molecule has 1 aromatic heterocycles. The molecule has 2 aromatic rings. The standard InChI is InChI=1S/C13H14FN3/c1-3-11-12(8(2)16-13(15)17-11)9-5-4-6-10(14)7-9/h4-7H,3H2,1-2H3,(H2,15,16,17). The summed E-state index contributed by atoms with van der Waals surface area (Å²) < 4.78 is 13.2. The van der Waals surface area contributed by atoms with Gasteiger partial charge in [-0.15, -0.1) is 0 Å². The van der Waals surface area contributed by atoms with E-state index in [2.05, 4.69) is 9.97 Å². The number of hydrogen-bond acceptors (Lipinski definition) is 3. The number of nitrogen functional groups attached to an aromatic ring is 1. The fraction of sp³-hybridized carbons (Fsp3) is 0.231. The van der Waals surface area contributed by atoms with E-state index in [4.69, 9.17) is 5.73 Å². The normalized spacial score (nSPS) is 10.5. The summed E-state index contributed by atoms with van der Waals surface area (Å²) in [4.78, 5) is 8.34. The van der Waals surface area contributed by atoms with Gasteiger partial charge in [-0.25, -0.2) is 14.4 Å². The van der Waals surface area contributed by atoms with Gasteiger partial charge in [0.1, 0.15) is 5.82 Å². The van der Waals surface area contributed by atoms with Gasteiger partial charge in [0.15, 0.2) is 0 Å². The zero-order valence-electron chi connectivity index (χ0n) is 9.87. The van der Waals surface area contributed by atoms with Crippen LogP contribution in [-0.4, -0.2) is 9.97 Å². The van der Waals surface area contributed by atoms with Crippen molar-refractivity contribution in [1.82, 2.24) is 9.97 Å². The lowest BCUT2D eigenvalue weighted by Crippen LogP contribution is -2.04. The SMILES string of the molecule is CCc1nc(N)nc(C)c1-c1cccc(F)c1. The van der Waals surface area contributed by atoms with Gasteiger partial charge in [0.25, 0.3) is 0 Å². The van der Waals surface area contributed by atoms with Gasteiger partial charge in [0, 0.05) is 5.56 Å². The van der Waals surface area contributed by atoms with E-state index in [-0.39, 0.29) is 11.8 Å². The van der Waals surface area contributed by atoms with Crippen LogP contribution in [0.15, 0.2) is 24.3 Å². The fourth-order valence-electron chi connectivity index (χ4n) is 1.93. The Morgan fingerprint density at radius 2 is 2.06 bits per heavy atom. The highest BCUT2D eigenvalue weighted by atomic mass is 19.1. The molecule has 0 amide bonds. The van der Waals surface area contributed by atoms with Crippen LogP contribution in [0.25, 0.3) is 11.1 Å². The maximum absolute atomic E-state index is 13.2. The molecule has 88 valence electrons. The third kappa shape index (κ3) is 2.25. The Morgan fingerprint density at radius 3 is 2.71 bits per heavy atom. The minimum Gasteiger partial charge on any atom is -0.368 e. The third-order valence-corrected chi connectivity index (χ3v) is 2.63. The van der Waals surface area contributed by atoms with Gasteiger partial charge in [-0.2, -0.15) is 0 Å². The summed E-state index contributed by atoms with van der Waals surface area (Å²) in [6.07, 6.45) is 0.736. The van der Waals surface area contributed by atoms with E-state index in [0.29, 0.717) is 0 Å². The molecular formula is C13H14FN3. The molecule has 0 spiro atoms. The molecule has 17 heavy (non-hydrogen) atoms. The number of benzene rings is 1. The molecule has 0 radical (unpaired) electrons. The predicted molar refractivity (Wildman–Crippen MR) is 66.0 cm³/mol. The van der Waals surface area contributed by atoms with Crippen molar-refractivity contribution in [3.05, 3.63) is 41.5 Å². The Hall–Kier alpha value is -1.97. The van der Waals surface area contributed by atoms with E-state index in [1.807, 2.05) is 19.9 Å². The lowest BCUT2D eigenvalue weighted by atomic mass is 10.0. The van der Waals surface area contributed by atoms with Crippen molar-refractivity contribution in [2.75, 3.05) is 5.73 Å². The lowest BCUT2D eigenvalue weighted by molar-refractivity contribution is 0.628. The van der Waals surface area contributed by atoms with Crippen molar-refractivity contribution < 1.29 is 4.39 Å². The van der Waals surface area contributed by atoms with Gasteiger partial charge in [-0.3, -0.25) is 0 Å². The van der Waals surface area contributed by atoms with Crippen molar-refractivity contribution >= 4 is 5.95 Å². The Morgan fingerprint density at radius 1 is 1.29 bits per heavy atom. The molecule has 2 rings (SSSR count). The quantitative estimate of drug-likeness (QED) is 0.864. The highest BCUT2D eigenvalue weighted by Gasteiger charge is 2.11. The summed E-state index contributed by atoms with van der Waals surface area (Å²) in [5, 5.41) is 0. The topological polar surface area (TPSA) is 51.8 Å². The molecule has 0 saturated carbocycles. The first-order valence-corrected chi connectivity index (χ1v) is 5.50. The number of rotatable bonds is 2. The van der Waals surface area contributed by atoms with Crippen molar-refractivity contribution in [3.8, 4) is 11.1 Å². The third-order valence-electron chi connectivity index (χ3n) is 2.63. The van der Waals surface area contributed by atoms with Gasteiger partial charge in [0.2, 0.25) is 5.95 Å². The van der Waals surface area contributed by atoms with E-state index in [0.717, 1.165) is 28.9 Å². The Kier molecular flexibility index (Phi) is 3.04. The second-order valence-corrected chi connectivity index (χ2v) is 3.85. The van der Waals surface area contributed by atoms with Crippen LogP contribution in [0.4, 0.5) is 10.3 Å². The van der Waals surface area contributed by atoms with Crippen LogP contribution in [0.2, 0.25) is 0 Å². The molecule has 0 aliphatic rings. The number of nitrogens with two attached hydrogens (primary N) is 1. The molecule has 1 aromatic carbocycles. The molecule has 0 fully saturated rings. The average Bonchev–Trinajstić information content (AvgIpc) is 2.27. The zero-order chi connectivity index (χ0) is 12.4. The molecule has 0 atom stereocenters. The summed E-state index contributed by atoms with van der Waals surface area (Å²) in [7, 11) is 0. The summed E-state index contributed by atoms with van der Waals surface area (Å²) in [5.41, 5.74) is 8.91. The summed E-state index contributed by atoms with van der Waals surface area (Å²) >= 11 is 0. The highest BCUT2D eigenvalue weighted by Crippen LogP contribution is 2.26. The van der Waals surface area contributed by atoms with Gasteiger partial charge in [0.05, 0.1) is 11.4 Å². The molecule has 0 aliphatic heterocycles. The summed E-state index contributed by atoms with van der Waals surface area (Å²) in [6.45, 7) is 3.85. The molecule has 3 nitrogen and oxygen atoms in total. The number of aromatic nitrogens is 2. The van der Waals surface area contributed by atoms with Gasteiger partial charge >= 0.3 is 0 Å². The fourth-order valence-corrected chi connectivity index (χ4v) is 1.93. The number of anilines is 1. The Labute approximate surface area is 99.5 Å². The van der Waals surface area contributed by atoms with Crippen LogP contribution in [0.5, 0.6) is 0 Å². The second kappa shape index (κ2) is 4.49. The maximum Gasteiger partial charge on any atom is 0.220 e. The minimum atomic E-state index is -0.263. The van der Waals surface area contributed by atoms with Crippen LogP contribution in [-0.2, 0) is 6.42 Å². The molecule has 2 N–H and O–H groups in total. The van der Waals surface area contributed by atoms with E-state index in [1.54, 1.807) is 6.07 Å². The first kappa shape index (κ1) is 11.5. The summed E-state index contributed by atoms with van der Waals surface area (Å²) in [6, 6.07) is 6.44. The largest absolute Gasteiger partial charge is 0.368 e. The zero-order valence-corrected chi connectivity index (χ0v) is 9.87. The molecule has 1 heterocycles. The Bertz CT molecular complexity index is 552. The molecule has 0 aliphatic carbocycles. The van der Waals surface area contributed by atoms with Crippen molar-refractivity contribution in [3.63, 3.8) is 0 Å². The van der Waals surface area contributed by atoms with Crippen LogP contribution >= 0.6 is 0 Å². The monoisotopic (exact) mass is 231 g/mol. The van der Waals surface area contributed by atoms with Crippen molar-refractivity contribution in [2.24, 2.45) is 0 Å². The number of halogens is 1. The average molecular weight is 231 g/mol. The van der Waals surface area contributed by atoms with Gasteiger partial charge < -0.3 is 5.73 Å². The van der Waals surface area contributed by atoms with Crippen LogP contribution in [0, 0.1) is 12.7 Å². The first-order chi connectivity index (χ1) is 8.11. The van der Waals surface area contributed by atoms with E-state index in [1.165, 1.54) is 12.1 Å². The number of hydrogen-bond donors (Lipinski definition) is 1. The number of aryl methyl sites for hydroxylation is 2. The van der Waals surface area contributed by atoms with E-state index in [9.17, 15) is 4.39 Å². The Balaban J connectivity index is 2.66. The first-order valence-electron chi connectivity index (χ1n) is 5.50. The smallest absolute Gasteiger partial charge is 0.220 e. The summed E-state index contributed by atoms with van der Waals surface area (Å²) in [5.74, 6) is 0.000260. The molecular weight excluding hydrogens is 217 g/mol. The second-order valence-electron chi connectivity index (χ2n) is 3.85. The van der Waals surface area contributed by atoms with E-state index < -0.39 is 0 Å². The molecule has 0 saturated heterocycles. The van der Waals surface area contributed by atoms with Crippen LogP contribution in [0.3, 0.4) is 0 Å². The molecule has 0 bridgehead atoms. The minimum absolute atomic E-state index is 0.263. The maximum atomic E-state index is 13.2. The molecule has 4 heteroatoms. The van der Waals surface area contributed by atoms with Crippen LogP contribution < -0.4 is 5.73 Å². The van der Waals surface area contributed by atoms with Crippen molar-refractivity contribution in [1.29, 1.82) is 0 Å². The highest BCUT2D eigenvalue weighted by molar-refractivity contribution is 5.68. The predicted octanol–water partition coefficient (Wildman–Crippen LogP) is 2.74. The lowest BCUT2D eigenvalue weighted by Gasteiger charge is -2.11. The molecule has 0 unspecified atom stereocenters. The van der Waals surface area contributed by atoms with E-state index >= 15 is 0 Å². The van der Waals surface area contributed by atoms with Gasteiger partial charge in [-0.05, 0) is 31.0 Å². The number of nitrogens with zero attached hydrogens (tertiary/aromatic N) is 2. The van der Waals surface area contributed by atoms with Crippen molar-refractivity contribution in [2.45, 2.75) is 20.3 Å². The van der Waals surface area contributed by atoms with Crippen LogP contribution in [0.1, 0.15) is 18.3 Å².